The number of nitrogens with zero attached hydrogens (tertiary/aromatic N) is 3. The fraction of sp³-hybridized carbons (Fsp3) is 0.417. The number of amidine groups is 1. The molecule has 0 saturated carbocycles. The van der Waals surface area contributed by atoms with Crippen LogP contribution >= 0.6 is 0 Å². The number of sulfonamides is 1. The maximum atomic E-state index is 12.9. The first-order valence-corrected chi connectivity index (χ1v) is 12.4. The Morgan fingerprint density at radius 2 is 1.88 bits per heavy atom. The number of piperidine rings is 1. The number of carbonyl (C=O) groups is 1. The minimum Gasteiger partial charge on any atom is -0.467 e. The second kappa shape index (κ2) is 8.94. The first kappa shape index (κ1) is 22.3. The topological polar surface area (TPSA) is 83.2 Å². The third-order valence-corrected chi connectivity index (χ3v) is 7.58. The molecule has 4 rings (SSSR count). The first-order chi connectivity index (χ1) is 15.3. The summed E-state index contributed by atoms with van der Waals surface area (Å²) in [5.74, 6) is 1.30. The largest absolute Gasteiger partial charge is 0.467 e. The minimum atomic E-state index is -3.74. The van der Waals surface area contributed by atoms with E-state index in [9.17, 15) is 13.2 Å². The summed E-state index contributed by atoms with van der Waals surface area (Å²) in [6.07, 6.45) is 3.51. The van der Waals surface area contributed by atoms with Gasteiger partial charge < -0.3 is 14.2 Å². The molecule has 2 aliphatic heterocycles. The molecule has 0 atom stereocenters. The molecule has 0 aliphatic carbocycles. The van der Waals surface area contributed by atoms with Crippen molar-refractivity contribution in [3.8, 4) is 0 Å². The van der Waals surface area contributed by atoms with Gasteiger partial charge in [0, 0.05) is 31.6 Å². The van der Waals surface area contributed by atoms with Gasteiger partial charge in [-0.25, -0.2) is 0 Å². The Balaban J connectivity index is 1.48. The third-order valence-electron chi connectivity index (χ3n) is 6.17. The molecule has 7 nitrogen and oxygen atoms in total. The summed E-state index contributed by atoms with van der Waals surface area (Å²) in [5.41, 5.74) is 2.51. The Morgan fingerprint density at radius 1 is 1.19 bits per heavy atom. The zero-order valence-electron chi connectivity index (χ0n) is 18.7. The van der Waals surface area contributed by atoms with Crippen molar-refractivity contribution in [2.75, 3.05) is 20.1 Å². The summed E-state index contributed by atoms with van der Waals surface area (Å²) in [7, 11) is -1.96. The number of rotatable bonds is 5. The van der Waals surface area contributed by atoms with Crippen LogP contribution in [0.15, 0.2) is 57.0 Å². The number of hydrogen-bond donors (Lipinski definition) is 0. The number of likely N-dealkylation sites (tertiary alicyclic amines) is 1. The number of benzene rings is 1. The minimum absolute atomic E-state index is 0.0875. The average Bonchev–Trinajstić information content (AvgIpc) is 3.38. The molecule has 1 amide bonds. The second-order valence-corrected chi connectivity index (χ2v) is 9.99. The van der Waals surface area contributed by atoms with E-state index in [0.717, 1.165) is 16.9 Å². The van der Waals surface area contributed by atoms with Gasteiger partial charge in [-0.15, -0.1) is 4.40 Å². The quantitative estimate of drug-likeness (QED) is 0.684. The highest BCUT2D eigenvalue weighted by Crippen LogP contribution is 2.36. The Hall–Kier alpha value is -2.87. The van der Waals surface area contributed by atoms with E-state index in [1.807, 2.05) is 55.1 Å². The van der Waals surface area contributed by atoms with Gasteiger partial charge in [-0.3, -0.25) is 4.79 Å². The summed E-state index contributed by atoms with van der Waals surface area (Å²) in [6.45, 7) is 5.58. The number of furan rings is 1. The normalized spacial score (nSPS) is 18.7. The van der Waals surface area contributed by atoms with Crippen LogP contribution in [0.4, 0.5) is 0 Å². The molecule has 1 saturated heterocycles. The van der Waals surface area contributed by atoms with Crippen LogP contribution in [0.1, 0.15) is 43.1 Å². The molecule has 0 unspecified atom stereocenters. The van der Waals surface area contributed by atoms with Crippen LogP contribution in [0.3, 0.4) is 0 Å². The van der Waals surface area contributed by atoms with Crippen LogP contribution in [-0.4, -0.2) is 50.1 Å². The van der Waals surface area contributed by atoms with E-state index in [0.29, 0.717) is 55.2 Å². The number of amides is 1. The zero-order chi connectivity index (χ0) is 22.9. The standard InChI is InChI=1S/C24H29N3O4S/c1-4-21-22(18-9-7-17(2)8-10-18)32(29,30)25-23(21)27-13-11-19(12-14-27)24(28)26(3)16-20-6-5-15-31-20/h5-10,15,19H,4,11-14,16H2,1-3H3. The smallest absolute Gasteiger partial charge is 0.285 e. The van der Waals surface area contributed by atoms with Crippen molar-refractivity contribution in [3.05, 3.63) is 65.1 Å². The highest BCUT2D eigenvalue weighted by molar-refractivity contribution is 8.00. The molecule has 2 aliphatic rings. The average molecular weight is 456 g/mol. The van der Waals surface area contributed by atoms with E-state index in [1.54, 1.807) is 18.2 Å². The molecule has 32 heavy (non-hydrogen) atoms. The van der Waals surface area contributed by atoms with Gasteiger partial charge >= 0.3 is 0 Å². The van der Waals surface area contributed by atoms with Crippen LogP contribution in [0, 0.1) is 12.8 Å². The highest BCUT2D eigenvalue weighted by Gasteiger charge is 2.37. The monoisotopic (exact) mass is 455 g/mol. The number of aryl methyl sites for hydroxylation is 1. The van der Waals surface area contributed by atoms with Crippen molar-refractivity contribution in [1.82, 2.24) is 9.80 Å². The molecule has 2 aromatic rings. The van der Waals surface area contributed by atoms with Gasteiger partial charge in [-0.05, 0) is 43.9 Å². The summed E-state index contributed by atoms with van der Waals surface area (Å²) in [4.78, 5) is 16.9. The third kappa shape index (κ3) is 4.37. The molecule has 0 radical (unpaired) electrons. The molecule has 1 fully saturated rings. The summed E-state index contributed by atoms with van der Waals surface area (Å²) < 4.78 is 35.4. The molecule has 3 heterocycles. The fourth-order valence-corrected chi connectivity index (χ4v) is 5.96. The molecule has 8 heteroatoms. The lowest BCUT2D eigenvalue weighted by Gasteiger charge is -2.34. The Bertz CT molecular complexity index is 1140. The predicted molar refractivity (Wildman–Crippen MR) is 124 cm³/mol. The van der Waals surface area contributed by atoms with E-state index >= 15 is 0 Å². The highest BCUT2D eigenvalue weighted by atomic mass is 32.2. The van der Waals surface area contributed by atoms with E-state index < -0.39 is 10.0 Å². The van der Waals surface area contributed by atoms with Crippen LogP contribution in [-0.2, 0) is 21.4 Å². The van der Waals surface area contributed by atoms with Gasteiger partial charge in [-0.2, -0.15) is 8.42 Å². The van der Waals surface area contributed by atoms with Crippen LogP contribution in [0.2, 0.25) is 0 Å². The van der Waals surface area contributed by atoms with Gasteiger partial charge in [0.2, 0.25) is 5.91 Å². The van der Waals surface area contributed by atoms with Crippen LogP contribution in [0.25, 0.3) is 4.91 Å². The molecule has 0 N–H and O–H groups in total. The fourth-order valence-electron chi connectivity index (χ4n) is 4.43. The van der Waals surface area contributed by atoms with Crippen molar-refractivity contribution in [3.63, 3.8) is 0 Å². The van der Waals surface area contributed by atoms with Crippen molar-refractivity contribution < 1.29 is 17.6 Å². The van der Waals surface area contributed by atoms with E-state index in [2.05, 4.69) is 4.40 Å². The SMILES string of the molecule is CCC1=C(c2ccc(C)cc2)S(=O)(=O)N=C1N1CCC(C(=O)N(C)Cc2ccco2)CC1. The van der Waals surface area contributed by atoms with Gasteiger partial charge in [0.1, 0.15) is 16.5 Å². The molecule has 0 bridgehead atoms. The van der Waals surface area contributed by atoms with Gasteiger partial charge in [0.25, 0.3) is 10.0 Å². The van der Waals surface area contributed by atoms with Crippen LogP contribution in [0.5, 0.6) is 0 Å². The Morgan fingerprint density at radius 3 is 2.47 bits per heavy atom. The summed E-state index contributed by atoms with van der Waals surface area (Å²) in [5, 5.41) is 0. The molecule has 1 aromatic heterocycles. The van der Waals surface area contributed by atoms with E-state index in [4.69, 9.17) is 4.42 Å². The lowest BCUT2D eigenvalue weighted by atomic mass is 9.94. The van der Waals surface area contributed by atoms with Crippen molar-refractivity contribution in [1.29, 1.82) is 0 Å². The van der Waals surface area contributed by atoms with E-state index in [-0.39, 0.29) is 11.8 Å². The van der Waals surface area contributed by atoms with Crippen molar-refractivity contribution >= 4 is 26.7 Å². The molecular weight excluding hydrogens is 426 g/mol. The van der Waals surface area contributed by atoms with Gasteiger partial charge in [0.15, 0.2) is 0 Å². The number of carbonyl (C=O) groups excluding carboxylic acids is 1. The lowest BCUT2D eigenvalue weighted by Crippen LogP contribution is -2.43. The lowest BCUT2D eigenvalue weighted by molar-refractivity contribution is -0.136. The second-order valence-electron chi connectivity index (χ2n) is 8.45. The van der Waals surface area contributed by atoms with E-state index in [1.165, 1.54) is 0 Å². The zero-order valence-corrected chi connectivity index (χ0v) is 19.6. The molecular formula is C24H29N3O4S. The van der Waals surface area contributed by atoms with Gasteiger partial charge in [0.05, 0.1) is 12.8 Å². The predicted octanol–water partition coefficient (Wildman–Crippen LogP) is 3.82. The van der Waals surface area contributed by atoms with Gasteiger partial charge in [-0.1, -0.05) is 36.8 Å². The molecule has 0 spiro atoms. The van der Waals surface area contributed by atoms with Crippen molar-refractivity contribution in [2.24, 2.45) is 10.3 Å². The Kier molecular flexibility index (Phi) is 6.24. The summed E-state index contributed by atoms with van der Waals surface area (Å²) in [6, 6.07) is 11.2. The van der Waals surface area contributed by atoms with Crippen molar-refractivity contribution in [2.45, 2.75) is 39.7 Å². The Labute approximate surface area is 189 Å². The molecule has 1 aromatic carbocycles. The maximum Gasteiger partial charge on any atom is 0.285 e. The maximum absolute atomic E-state index is 12.9. The summed E-state index contributed by atoms with van der Waals surface area (Å²) >= 11 is 0. The first-order valence-electron chi connectivity index (χ1n) is 11.0. The van der Waals surface area contributed by atoms with Crippen LogP contribution < -0.4 is 0 Å². The number of hydrogen-bond acceptors (Lipinski definition) is 5. The molecule has 170 valence electrons.